The molecule has 1 fully saturated rings. The van der Waals surface area contributed by atoms with Crippen molar-refractivity contribution in [1.82, 2.24) is 4.90 Å². The van der Waals surface area contributed by atoms with Crippen molar-refractivity contribution in [3.05, 3.63) is 29.8 Å². The van der Waals surface area contributed by atoms with E-state index in [1.165, 1.54) is 12.1 Å². The molecule has 1 aromatic carbocycles. The Hall–Kier alpha value is -1.31. The third-order valence-electron chi connectivity index (χ3n) is 3.21. The quantitative estimate of drug-likeness (QED) is 0.855. The van der Waals surface area contributed by atoms with E-state index in [0.29, 0.717) is 19.8 Å². The lowest BCUT2D eigenvalue weighted by Gasteiger charge is -2.22. The van der Waals surface area contributed by atoms with Gasteiger partial charge in [-0.25, -0.2) is 0 Å². The Bertz CT molecular complexity index is 436. The third kappa shape index (κ3) is 5.53. The average Bonchev–Trinajstić information content (AvgIpc) is 2.64. The zero-order chi connectivity index (χ0) is 15.3. The van der Waals surface area contributed by atoms with Crippen LogP contribution in [0.3, 0.4) is 0 Å². The van der Waals surface area contributed by atoms with Crippen LogP contribution < -0.4 is 4.74 Å². The molecule has 0 bridgehead atoms. The van der Waals surface area contributed by atoms with Crippen molar-refractivity contribution in [3.8, 4) is 5.75 Å². The predicted octanol–water partition coefficient (Wildman–Crippen LogP) is 2.43. The summed E-state index contributed by atoms with van der Waals surface area (Å²) in [6.45, 7) is 3.31. The molecule has 2 rings (SSSR count). The van der Waals surface area contributed by atoms with Crippen LogP contribution >= 0.6 is 0 Å². The Morgan fingerprint density at radius 1 is 1.29 bits per heavy atom. The first-order valence-electron chi connectivity index (χ1n) is 6.64. The van der Waals surface area contributed by atoms with Crippen molar-refractivity contribution in [2.75, 3.05) is 33.4 Å². The predicted molar refractivity (Wildman–Crippen MR) is 70.0 cm³/mol. The van der Waals surface area contributed by atoms with Crippen LogP contribution in [0.25, 0.3) is 0 Å². The minimum atomic E-state index is -4.66. The molecule has 4 nitrogen and oxygen atoms in total. The molecule has 0 spiro atoms. The first-order chi connectivity index (χ1) is 9.96. The minimum Gasteiger partial charge on any atom is -0.406 e. The van der Waals surface area contributed by atoms with Gasteiger partial charge in [-0.1, -0.05) is 12.1 Å². The summed E-state index contributed by atoms with van der Waals surface area (Å²) in [4.78, 5) is 2.15. The van der Waals surface area contributed by atoms with Crippen LogP contribution in [0.1, 0.15) is 5.56 Å². The van der Waals surface area contributed by atoms with E-state index in [2.05, 4.69) is 9.64 Å². The van der Waals surface area contributed by atoms with Crippen molar-refractivity contribution >= 4 is 0 Å². The average molecular weight is 305 g/mol. The molecule has 1 unspecified atom stereocenters. The normalized spacial score (nSPS) is 21.0. The topological polar surface area (TPSA) is 30.9 Å². The molecule has 1 atom stereocenters. The zero-order valence-electron chi connectivity index (χ0n) is 11.7. The van der Waals surface area contributed by atoms with E-state index in [4.69, 9.17) is 9.47 Å². The molecular weight excluding hydrogens is 287 g/mol. The second-order valence-electron chi connectivity index (χ2n) is 4.86. The fraction of sp³-hybridized carbons (Fsp3) is 0.571. The lowest BCUT2D eigenvalue weighted by Crippen LogP contribution is -2.33. The Morgan fingerprint density at radius 2 is 2.00 bits per heavy atom. The van der Waals surface area contributed by atoms with E-state index < -0.39 is 6.36 Å². The first-order valence-corrected chi connectivity index (χ1v) is 6.64. The van der Waals surface area contributed by atoms with Gasteiger partial charge >= 0.3 is 6.36 Å². The number of rotatable bonds is 4. The Kier molecular flexibility index (Phi) is 5.44. The van der Waals surface area contributed by atoms with Gasteiger partial charge < -0.3 is 14.2 Å². The summed E-state index contributed by atoms with van der Waals surface area (Å²) in [7, 11) is 1.64. The number of alkyl halides is 3. The molecule has 1 heterocycles. The maximum absolute atomic E-state index is 12.1. The standard InChI is InChI=1S/C14H18F3NO3/c1-19-13-9-18(6-7-20-10-13)8-11-2-4-12(5-3-11)21-14(15,16)17/h2-5,13H,6-10H2,1H3. The molecule has 118 valence electrons. The molecule has 7 heteroatoms. The van der Waals surface area contributed by atoms with Crippen LogP contribution in [0.15, 0.2) is 24.3 Å². The van der Waals surface area contributed by atoms with E-state index >= 15 is 0 Å². The molecule has 0 saturated carbocycles. The van der Waals surface area contributed by atoms with Gasteiger partial charge in [0.25, 0.3) is 0 Å². The van der Waals surface area contributed by atoms with Gasteiger partial charge in [0.2, 0.25) is 0 Å². The maximum Gasteiger partial charge on any atom is 0.573 e. The highest BCUT2D eigenvalue weighted by molar-refractivity contribution is 5.27. The number of methoxy groups -OCH3 is 1. The molecule has 1 saturated heterocycles. The molecule has 0 amide bonds. The zero-order valence-corrected chi connectivity index (χ0v) is 11.7. The highest BCUT2D eigenvalue weighted by Crippen LogP contribution is 2.23. The van der Waals surface area contributed by atoms with Gasteiger partial charge in [0.05, 0.1) is 19.3 Å². The molecule has 1 aliphatic heterocycles. The summed E-state index contributed by atoms with van der Waals surface area (Å²) >= 11 is 0. The third-order valence-corrected chi connectivity index (χ3v) is 3.21. The second-order valence-corrected chi connectivity index (χ2v) is 4.86. The second kappa shape index (κ2) is 7.11. The van der Waals surface area contributed by atoms with Gasteiger partial charge in [-0.2, -0.15) is 0 Å². The van der Waals surface area contributed by atoms with Gasteiger partial charge in [0.1, 0.15) is 5.75 Å². The molecule has 1 aliphatic rings. The Balaban J connectivity index is 1.93. The molecule has 0 aliphatic carbocycles. The van der Waals surface area contributed by atoms with Crippen LogP contribution in [-0.4, -0.2) is 50.8 Å². The molecular formula is C14H18F3NO3. The van der Waals surface area contributed by atoms with Gasteiger partial charge in [-0.3, -0.25) is 4.90 Å². The monoisotopic (exact) mass is 305 g/mol. The van der Waals surface area contributed by atoms with Crippen molar-refractivity contribution in [3.63, 3.8) is 0 Å². The molecule has 0 N–H and O–H groups in total. The summed E-state index contributed by atoms with van der Waals surface area (Å²) in [6.07, 6.45) is -4.64. The van der Waals surface area contributed by atoms with Crippen molar-refractivity contribution < 1.29 is 27.4 Å². The lowest BCUT2D eigenvalue weighted by atomic mass is 10.2. The summed E-state index contributed by atoms with van der Waals surface area (Å²) in [6, 6.07) is 5.92. The number of halogens is 3. The van der Waals surface area contributed by atoms with Crippen LogP contribution in [0.4, 0.5) is 13.2 Å². The van der Waals surface area contributed by atoms with Crippen LogP contribution in [0, 0.1) is 0 Å². The lowest BCUT2D eigenvalue weighted by molar-refractivity contribution is -0.274. The van der Waals surface area contributed by atoms with E-state index in [9.17, 15) is 13.2 Å². The van der Waals surface area contributed by atoms with Gasteiger partial charge in [-0.15, -0.1) is 13.2 Å². The largest absolute Gasteiger partial charge is 0.573 e. The Morgan fingerprint density at radius 3 is 2.62 bits per heavy atom. The number of hydrogen-bond donors (Lipinski definition) is 0. The maximum atomic E-state index is 12.1. The molecule has 0 radical (unpaired) electrons. The first kappa shape index (κ1) is 16.1. The molecule has 1 aromatic rings. The number of hydrogen-bond acceptors (Lipinski definition) is 4. The summed E-state index contributed by atoms with van der Waals surface area (Å²) in [5.74, 6) is -0.208. The molecule has 0 aromatic heterocycles. The van der Waals surface area contributed by atoms with Crippen molar-refractivity contribution in [2.24, 2.45) is 0 Å². The van der Waals surface area contributed by atoms with Crippen LogP contribution in [-0.2, 0) is 16.0 Å². The number of benzene rings is 1. The summed E-state index contributed by atoms with van der Waals surface area (Å²) in [5, 5.41) is 0. The van der Waals surface area contributed by atoms with E-state index in [1.807, 2.05) is 0 Å². The van der Waals surface area contributed by atoms with Gasteiger partial charge in [0.15, 0.2) is 0 Å². The van der Waals surface area contributed by atoms with Crippen LogP contribution in [0.2, 0.25) is 0 Å². The van der Waals surface area contributed by atoms with Gasteiger partial charge in [0, 0.05) is 26.7 Å². The Labute approximate surface area is 121 Å². The fourth-order valence-electron chi connectivity index (χ4n) is 2.18. The summed E-state index contributed by atoms with van der Waals surface area (Å²) < 4.78 is 50.8. The highest BCUT2D eigenvalue weighted by Gasteiger charge is 2.31. The van der Waals surface area contributed by atoms with E-state index in [0.717, 1.165) is 18.7 Å². The number of nitrogens with zero attached hydrogens (tertiary/aromatic N) is 1. The number of ether oxygens (including phenoxy) is 3. The smallest absolute Gasteiger partial charge is 0.406 e. The van der Waals surface area contributed by atoms with Gasteiger partial charge in [-0.05, 0) is 17.7 Å². The van der Waals surface area contributed by atoms with Crippen LogP contribution in [0.5, 0.6) is 5.75 Å². The minimum absolute atomic E-state index is 0.0142. The fourth-order valence-corrected chi connectivity index (χ4v) is 2.18. The van der Waals surface area contributed by atoms with E-state index in [1.54, 1.807) is 19.2 Å². The SMILES string of the molecule is COC1COCCN(Cc2ccc(OC(F)(F)F)cc2)C1. The van der Waals surface area contributed by atoms with Crippen molar-refractivity contribution in [1.29, 1.82) is 0 Å². The van der Waals surface area contributed by atoms with E-state index in [-0.39, 0.29) is 11.9 Å². The molecule has 21 heavy (non-hydrogen) atoms. The van der Waals surface area contributed by atoms with Crippen molar-refractivity contribution in [2.45, 2.75) is 19.0 Å². The highest BCUT2D eigenvalue weighted by atomic mass is 19.4. The summed E-state index contributed by atoms with van der Waals surface area (Å²) in [5.41, 5.74) is 0.918.